The van der Waals surface area contributed by atoms with Crippen LogP contribution < -0.4 is 5.32 Å². The Labute approximate surface area is 81.4 Å². The Balaban J connectivity index is 4.78. The Morgan fingerprint density at radius 2 is 2.15 bits per heavy atom. The Kier molecular flexibility index (Phi) is 5.52. The van der Waals surface area contributed by atoms with E-state index in [9.17, 15) is 4.79 Å². The van der Waals surface area contributed by atoms with Crippen LogP contribution in [-0.4, -0.2) is 42.1 Å². The van der Waals surface area contributed by atoms with Crippen LogP contribution in [0.5, 0.6) is 0 Å². The van der Waals surface area contributed by atoms with Gasteiger partial charge >= 0.3 is 0 Å². The molecule has 13 heavy (non-hydrogen) atoms. The highest BCUT2D eigenvalue weighted by molar-refractivity contribution is 7.68. The minimum atomic E-state index is -0.305. The summed E-state index contributed by atoms with van der Waals surface area (Å²) in [7, 11) is 5.17. The molecule has 0 heterocycles. The van der Waals surface area contributed by atoms with Crippen LogP contribution in [0.3, 0.4) is 0 Å². The average Bonchev–Trinajstić information content (AvgIpc) is 2.11. The predicted octanol–water partition coefficient (Wildman–Crippen LogP) is -0.285. The summed E-state index contributed by atoms with van der Waals surface area (Å²) in [5, 5.41) is 10.9. The highest BCUT2D eigenvalue weighted by Gasteiger charge is 2.18. The van der Waals surface area contributed by atoms with Crippen LogP contribution in [-0.2, 0) is 15.9 Å². The number of hydrogen-bond donors (Lipinski definition) is 2. The molecule has 0 saturated heterocycles. The summed E-state index contributed by atoms with van der Waals surface area (Å²) < 4.78 is 2.95. The molecule has 0 aromatic heterocycles. The summed E-state index contributed by atoms with van der Waals surface area (Å²) in [6.45, 7) is 1.76. The quantitative estimate of drug-likeness (QED) is 0.481. The number of nitrogens with one attached hydrogen (secondary N) is 1. The maximum atomic E-state index is 11.2. The second kappa shape index (κ2) is 5.85. The fourth-order valence-electron chi connectivity index (χ4n) is 0.918. The third kappa shape index (κ3) is 3.67. The van der Waals surface area contributed by atoms with E-state index in [1.807, 2.05) is 0 Å². The van der Waals surface area contributed by atoms with Crippen molar-refractivity contribution in [2.24, 2.45) is 10.4 Å². The molecular formula is C7H15N3O2S. The van der Waals surface area contributed by atoms with Gasteiger partial charge in [-0.25, -0.2) is 0 Å². The number of nitrogens with zero attached hydrogens (tertiary/aromatic N) is 2. The van der Waals surface area contributed by atoms with Gasteiger partial charge in [0.05, 0.1) is 10.9 Å². The van der Waals surface area contributed by atoms with Gasteiger partial charge in [-0.3, -0.25) is 14.9 Å². The molecule has 2 N–H and O–H groups in total. The fraction of sp³-hybridized carbons (Fsp3) is 0.714. The van der Waals surface area contributed by atoms with Crippen LogP contribution in [0, 0.1) is 5.92 Å². The largest absolute Gasteiger partial charge is 0.359 e. The van der Waals surface area contributed by atoms with Crippen molar-refractivity contribution >= 4 is 22.0 Å². The van der Waals surface area contributed by atoms with Crippen molar-refractivity contribution in [2.45, 2.75) is 6.92 Å². The molecule has 1 amide bonds. The fourth-order valence-corrected chi connectivity index (χ4v) is 1.43. The maximum Gasteiger partial charge on any atom is 0.228 e. The molecule has 1 atom stereocenters. The smallest absolute Gasteiger partial charge is 0.228 e. The van der Waals surface area contributed by atoms with Gasteiger partial charge in [0.1, 0.15) is 0 Å². The summed E-state index contributed by atoms with van der Waals surface area (Å²) in [5.41, 5.74) is 0. The Hall–Kier alpha value is -0.720. The third-order valence-corrected chi connectivity index (χ3v) is 2.57. The molecule has 1 unspecified atom stereocenters. The van der Waals surface area contributed by atoms with Gasteiger partial charge in [0.2, 0.25) is 5.91 Å². The van der Waals surface area contributed by atoms with Crippen molar-refractivity contribution in [2.75, 3.05) is 21.1 Å². The van der Waals surface area contributed by atoms with E-state index in [0.717, 1.165) is 11.1 Å². The normalized spacial score (nSPS) is 12.2. The molecule has 0 bridgehead atoms. The van der Waals surface area contributed by atoms with Crippen molar-refractivity contribution in [3.8, 4) is 0 Å². The second-order valence-corrected chi connectivity index (χ2v) is 3.51. The van der Waals surface area contributed by atoms with Crippen molar-refractivity contribution in [1.29, 1.82) is 0 Å². The van der Waals surface area contributed by atoms with Crippen LogP contribution >= 0.6 is 0 Å². The average molecular weight is 205 g/mol. The van der Waals surface area contributed by atoms with Gasteiger partial charge in [0.25, 0.3) is 0 Å². The number of amides is 1. The standard InChI is InChI=1S/C7H15N3O2S/c1-5(6(11)8-2)7(10(3)4)13-9-12/h5,12H,1-4H3,(H,8,11). The summed E-state index contributed by atoms with van der Waals surface area (Å²) in [4.78, 5) is 13.7. The Bertz CT molecular complexity index is 246. The van der Waals surface area contributed by atoms with E-state index in [2.05, 4.69) is 9.84 Å². The van der Waals surface area contributed by atoms with Gasteiger partial charge in [-0.15, -0.1) is 0 Å². The molecule has 0 radical (unpaired) electrons. The molecular weight excluding hydrogens is 190 g/mol. The predicted molar refractivity (Wildman–Crippen MR) is 53.5 cm³/mol. The molecule has 0 saturated carbocycles. The first-order valence-corrected chi connectivity index (χ1v) is 4.59. The van der Waals surface area contributed by atoms with Crippen LogP contribution in [0.15, 0.2) is 4.53 Å². The SMILES string of the molecule is CNC(=O)C(C)C(=S=NO)N(C)C. The first-order chi connectivity index (χ1) is 6.04. The molecule has 0 spiro atoms. The lowest BCUT2D eigenvalue weighted by Crippen LogP contribution is -2.37. The van der Waals surface area contributed by atoms with Crippen LogP contribution in [0.25, 0.3) is 0 Å². The lowest BCUT2D eigenvalue weighted by atomic mass is 10.1. The van der Waals surface area contributed by atoms with Crippen LogP contribution in [0.4, 0.5) is 0 Å². The van der Waals surface area contributed by atoms with Gasteiger partial charge in [0.15, 0.2) is 0 Å². The Morgan fingerprint density at radius 3 is 2.46 bits per heavy atom. The number of carbonyl (C=O) groups is 1. The zero-order valence-electron chi connectivity index (χ0n) is 8.24. The van der Waals surface area contributed by atoms with Gasteiger partial charge < -0.3 is 5.32 Å². The molecule has 0 fully saturated rings. The molecule has 76 valence electrons. The van der Waals surface area contributed by atoms with Crippen LogP contribution in [0.2, 0.25) is 0 Å². The van der Waals surface area contributed by atoms with Crippen molar-refractivity contribution in [1.82, 2.24) is 10.2 Å². The number of hydrogen-bond acceptors (Lipinski definition) is 2. The molecule has 0 rings (SSSR count). The van der Waals surface area contributed by atoms with E-state index in [0.29, 0.717) is 4.99 Å². The maximum absolute atomic E-state index is 11.2. The third-order valence-electron chi connectivity index (χ3n) is 1.59. The Morgan fingerprint density at radius 1 is 1.62 bits per heavy atom. The molecule has 0 aliphatic rings. The van der Waals surface area contributed by atoms with E-state index in [-0.39, 0.29) is 11.8 Å². The van der Waals surface area contributed by atoms with Crippen LogP contribution in [0.1, 0.15) is 6.92 Å². The second-order valence-electron chi connectivity index (χ2n) is 2.74. The van der Waals surface area contributed by atoms with Crippen molar-refractivity contribution < 1.29 is 10.0 Å². The van der Waals surface area contributed by atoms with Gasteiger partial charge in [-0.05, 0) is 32.2 Å². The summed E-state index contributed by atoms with van der Waals surface area (Å²) in [6.07, 6.45) is 0. The molecule has 0 aliphatic carbocycles. The van der Waals surface area contributed by atoms with E-state index in [4.69, 9.17) is 5.21 Å². The summed E-state index contributed by atoms with van der Waals surface area (Å²) >= 11 is 0.899. The van der Waals surface area contributed by atoms with Crippen molar-refractivity contribution in [3.05, 3.63) is 0 Å². The lowest BCUT2D eigenvalue weighted by molar-refractivity contribution is -0.122. The minimum Gasteiger partial charge on any atom is -0.359 e. The van der Waals surface area contributed by atoms with E-state index >= 15 is 0 Å². The molecule has 6 heteroatoms. The van der Waals surface area contributed by atoms with Gasteiger partial charge in [-0.1, -0.05) is 4.53 Å². The summed E-state index contributed by atoms with van der Waals surface area (Å²) in [6, 6.07) is 0. The number of carbonyl (C=O) groups excluding carboxylic acids is 1. The molecule has 0 aromatic carbocycles. The lowest BCUT2D eigenvalue weighted by Gasteiger charge is -2.17. The van der Waals surface area contributed by atoms with Crippen molar-refractivity contribution in [3.63, 3.8) is 0 Å². The van der Waals surface area contributed by atoms with E-state index in [1.54, 1.807) is 33.0 Å². The molecule has 0 aromatic rings. The highest BCUT2D eigenvalue weighted by atomic mass is 32.1. The van der Waals surface area contributed by atoms with Gasteiger partial charge in [0, 0.05) is 7.05 Å². The molecule has 0 aliphatic heterocycles. The number of rotatable bonds is 2. The molecule has 5 nitrogen and oxygen atoms in total. The van der Waals surface area contributed by atoms with Gasteiger partial charge in [-0.2, -0.15) is 0 Å². The highest BCUT2D eigenvalue weighted by Crippen LogP contribution is 1.99. The monoisotopic (exact) mass is 205 g/mol. The zero-order chi connectivity index (χ0) is 10.4. The topological polar surface area (TPSA) is 64.9 Å². The first kappa shape index (κ1) is 12.3. The van der Waals surface area contributed by atoms with E-state index in [1.165, 1.54) is 0 Å². The first-order valence-electron chi connectivity index (χ1n) is 3.81. The van der Waals surface area contributed by atoms with E-state index < -0.39 is 0 Å². The summed E-state index contributed by atoms with van der Waals surface area (Å²) in [5.74, 6) is -0.402. The minimum absolute atomic E-state index is 0.0974. The zero-order valence-corrected chi connectivity index (χ0v) is 9.05.